The van der Waals surface area contributed by atoms with Crippen LogP contribution in [0.5, 0.6) is 5.75 Å². The zero-order valence-electron chi connectivity index (χ0n) is 22.1. The fourth-order valence-corrected chi connectivity index (χ4v) is 3.50. The van der Waals surface area contributed by atoms with E-state index in [1.54, 1.807) is 0 Å². The van der Waals surface area contributed by atoms with Gasteiger partial charge in [-0.1, -0.05) is 12.1 Å². The third-order valence-corrected chi connectivity index (χ3v) is 5.61. The molecule has 0 saturated carbocycles. The number of phenolic OH excluding ortho intramolecular Hbond substituents is 1. The number of aliphatic carboxylic acids is 2. The van der Waals surface area contributed by atoms with Gasteiger partial charge in [0.1, 0.15) is 23.9 Å². The van der Waals surface area contributed by atoms with E-state index in [1.807, 2.05) is 0 Å². The van der Waals surface area contributed by atoms with E-state index in [9.17, 15) is 39.0 Å². The zero-order valence-corrected chi connectivity index (χ0v) is 22.1. The molecule has 17 nitrogen and oxygen atoms in total. The summed E-state index contributed by atoms with van der Waals surface area (Å²) in [5.41, 5.74) is 21.7. The van der Waals surface area contributed by atoms with Crippen LogP contribution in [0.15, 0.2) is 29.3 Å². The van der Waals surface area contributed by atoms with Gasteiger partial charge >= 0.3 is 11.9 Å². The van der Waals surface area contributed by atoms with Gasteiger partial charge in [-0.25, -0.2) is 4.79 Å². The molecule has 226 valence electrons. The van der Waals surface area contributed by atoms with Gasteiger partial charge in [-0.15, -0.1) is 0 Å². The van der Waals surface area contributed by atoms with Gasteiger partial charge < -0.3 is 54.2 Å². The minimum atomic E-state index is -1.51. The average Bonchev–Trinajstić information content (AvgIpc) is 2.87. The molecule has 0 spiro atoms. The molecule has 0 heterocycles. The van der Waals surface area contributed by atoms with Crippen molar-refractivity contribution >= 4 is 41.5 Å². The average molecular weight is 581 g/mol. The Morgan fingerprint density at radius 1 is 0.805 bits per heavy atom. The molecule has 1 aromatic rings. The lowest BCUT2D eigenvalue weighted by Crippen LogP contribution is -2.57. The molecule has 0 aliphatic rings. The number of aromatic hydroxyl groups is 1. The molecule has 0 fully saturated rings. The van der Waals surface area contributed by atoms with Crippen molar-refractivity contribution in [1.29, 1.82) is 0 Å². The number of amides is 4. The standard InChI is InChI=1S/C24H36N8O9/c25-14(11-19(35)36)20(37)30-15(7-8-18(26)34)21(38)32-17(10-12-3-5-13(33)6-4-12)22(39)31-16(23(40)41)2-1-9-29-24(27)28/h3-6,14-17,33H,1-2,7-11,25H2,(H2,26,34)(H,30,37)(H,31,39)(H,32,38)(H,35,36)(H,40,41)(H4,27,28,29). The normalized spacial score (nSPS) is 13.5. The van der Waals surface area contributed by atoms with Gasteiger partial charge in [-0.05, 0) is 37.0 Å². The zero-order chi connectivity index (χ0) is 31.1. The van der Waals surface area contributed by atoms with Crippen LogP contribution in [0, 0.1) is 0 Å². The molecule has 4 unspecified atom stereocenters. The SMILES string of the molecule is NC(=O)CCC(NC(=O)C(N)CC(=O)O)C(=O)NC(Cc1ccc(O)cc1)C(=O)NC(CCCN=C(N)N)C(=O)O. The first-order valence-corrected chi connectivity index (χ1v) is 12.4. The van der Waals surface area contributed by atoms with Crippen molar-refractivity contribution in [3.63, 3.8) is 0 Å². The van der Waals surface area contributed by atoms with Crippen LogP contribution >= 0.6 is 0 Å². The molecule has 0 aliphatic heterocycles. The van der Waals surface area contributed by atoms with Crippen molar-refractivity contribution in [3.05, 3.63) is 29.8 Å². The molecule has 14 N–H and O–H groups in total. The Balaban J connectivity index is 3.17. The Bertz CT molecular complexity index is 1120. The summed E-state index contributed by atoms with van der Waals surface area (Å²) in [5.74, 6) is -6.57. The molecule has 41 heavy (non-hydrogen) atoms. The number of hydrogen-bond donors (Lipinski definition) is 10. The molecule has 4 atom stereocenters. The number of benzene rings is 1. The summed E-state index contributed by atoms with van der Waals surface area (Å²) < 4.78 is 0. The highest BCUT2D eigenvalue weighted by atomic mass is 16.4. The minimum absolute atomic E-state index is 0.0451. The van der Waals surface area contributed by atoms with E-state index in [1.165, 1.54) is 24.3 Å². The molecule has 1 aromatic carbocycles. The third kappa shape index (κ3) is 13.6. The molecule has 1 rings (SSSR count). The number of nitrogens with two attached hydrogens (primary N) is 4. The van der Waals surface area contributed by atoms with Crippen LogP contribution in [-0.4, -0.2) is 87.6 Å². The van der Waals surface area contributed by atoms with Crippen LogP contribution in [0.2, 0.25) is 0 Å². The van der Waals surface area contributed by atoms with Gasteiger partial charge in [0, 0.05) is 19.4 Å². The number of hydrogen-bond acceptors (Lipinski definition) is 9. The summed E-state index contributed by atoms with van der Waals surface area (Å²) in [6, 6.07) is -0.0677. The summed E-state index contributed by atoms with van der Waals surface area (Å²) in [4.78, 5) is 76.5. The van der Waals surface area contributed by atoms with Gasteiger partial charge in [0.25, 0.3) is 0 Å². The largest absolute Gasteiger partial charge is 0.508 e. The summed E-state index contributed by atoms with van der Waals surface area (Å²) >= 11 is 0. The maximum absolute atomic E-state index is 13.2. The smallest absolute Gasteiger partial charge is 0.326 e. The van der Waals surface area contributed by atoms with E-state index in [2.05, 4.69) is 20.9 Å². The second kappa shape index (κ2) is 16.9. The highest BCUT2D eigenvalue weighted by Crippen LogP contribution is 2.12. The second-order valence-corrected chi connectivity index (χ2v) is 9.05. The monoisotopic (exact) mass is 580 g/mol. The number of aliphatic imine (C=N–C) groups is 1. The van der Waals surface area contributed by atoms with Crippen LogP contribution in [0.3, 0.4) is 0 Å². The maximum atomic E-state index is 13.2. The number of phenols is 1. The van der Waals surface area contributed by atoms with E-state index in [0.29, 0.717) is 5.56 Å². The van der Waals surface area contributed by atoms with Crippen molar-refractivity contribution in [1.82, 2.24) is 16.0 Å². The van der Waals surface area contributed by atoms with Crippen LogP contribution in [0.4, 0.5) is 0 Å². The summed E-state index contributed by atoms with van der Waals surface area (Å²) in [7, 11) is 0. The lowest BCUT2D eigenvalue weighted by atomic mass is 10.0. The lowest BCUT2D eigenvalue weighted by Gasteiger charge is -2.25. The Morgan fingerprint density at radius 3 is 1.90 bits per heavy atom. The van der Waals surface area contributed by atoms with E-state index in [-0.39, 0.29) is 50.4 Å². The third-order valence-electron chi connectivity index (χ3n) is 5.61. The number of carboxylic acids is 2. The molecular weight excluding hydrogens is 544 g/mol. The van der Waals surface area contributed by atoms with Gasteiger partial charge in [-0.2, -0.15) is 0 Å². The van der Waals surface area contributed by atoms with E-state index in [0.717, 1.165) is 0 Å². The Kier molecular flexibility index (Phi) is 14.1. The van der Waals surface area contributed by atoms with Crippen molar-refractivity contribution in [2.45, 2.75) is 62.7 Å². The fraction of sp³-hybridized carbons (Fsp3) is 0.458. The van der Waals surface area contributed by atoms with Crippen molar-refractivity contribution in [3.8, 4) is 5.75 Å². The van der Waals surface area contributed by atoms with Crippen molar-refractivity contribution in [2.75, 3.05) is 6.54 Å². The van der Waals surface area contributed by atoms with E-state index >= 15 is 0 Å². The number of nitrogens with zero attached hydrogens (tertiary/aromatic N) is 1. The Hall–Kier alpha value is -4.93. The van der Waals surface area contributed by atoms with Crippen LogP contribution in [-0.2, 0) is 35.2 Å². The first-order valence-electron chi connectivity index (χ1n) is 12.4. The second-order valence-electron chi connectivity index (χ2n) is 9.05. The summed E-state index contributed by atoms with van der Waals surface area (Å²) in [5, 5.41) is 35.0. The highest BCUT2D eigenvalue weighted by Gasteiger charge is 2.31. The van der Waals surface area contributed by atoms with E-state index in [4.69, 9.17) is 28.0 Å². The molecule has 0 aliphatic carbocycles. The first-order chi connectivity index (χ1) is 19.2. The van der Waals surface area contributed by atoms with E-state index < -0.39 is 66.2 Å². The topological polar surface area (TPSA) is 316 Å². The maximum Gasteiger partial charge on any atom is 0.326 e. The predicted molar refractivity (Wildman–Crippen MR) is 144 cm³/mol. The molecule has 0 saturated heterocycles. The minimum Gasteiger partial charge on any atom is -0.508 e. The quantitative estimate of drug-likeness (QED) is 0.0461. The molecule has 17 heteroatoms. The number of carbonyl (C=O) groups excluding carboxylic acids is 4. The number of carboxylic acid groups (broad SMARTS) is 2. The molecule has 0 aromatic heterocycles. The summed E-state index contributed by atoms with van der Waals surface area (Å²) in [6.45, 7) is 0.112. The number of guanidine groups is 1. The van der Waals surface area contributed by atoms with Crippen LogP contribution < -0.4 is 38.9 Å². The molecule has 4 amide bonds. The van der Waals surface area contributed by atoms with Crippen molar-refractivity contribution < 1.29 is 44.1 Å². The Morgan fingerprint density at radius 2 is 1.37 bits per heavy atom. The molecule has 0 bridgehead atoms. The van der Waals surface area contributed by atoms with Crippen LogP contribution in [0.1, 0.15) is 37.7 Å². The molecule has 0 radical (unpaired) electrons. The number of primary amides is 1. The summed E-state index contributed by atoms with van der Waals surface area (Å²) in [6.07, 6.45) is -1.38. The van der Waals surface area contributed by atoms with Crippen molar-refractivity contribution in [2.24, 2.45) is 27.9 Å². The number of carbonyl (C=O) groups is 6. The number of rotatable bonds is 18. The van der Waals surface area contributed by atoms with Crippen LogP contribution in [0.25, 0.3) is 0 Å². The van der Waals surface area contributed by atoms with Gasteiger partial charge in [-0.3, -0.25) is 29.0 Å². The first kappa shape index (κ1) is 34.1. The highest BCUT2D eigenvalue weighted by molar-refractivity contribution is 5.95. The number of nitrogens with one attached hydrogen (secondary N) is 3. The van der Waals surface area contributed by atoms with Gasteiger partial charge in [0.15, 0.2) is 5.96 Å². The van der Waals surface area contributed by atoms with Gasteiger partial charge in [0.2, 0.25) is 23.6 Å². The lowest BCUT2D eigenvalue weighted by molar-refractivity contribution is -0.142. The predicted octanol–water partition coefficient (Wildman–Crippen LogP) is -3.41. The fourth-order valence-electron chi connectivity index (χ4n) is 3.50. The van der Waals surface area contributed by atoms with Gasteiger partial charge in [0.05, 0.1) is 12.5 Å². The molecular formula is C24H36N8O9. The Labute approximate surface area is 234 Å².